The average molecular weight is 406 g/mol. The fourth-order valence-corrected chi connectivity index (χ4v) is 4.14. The molecular formula is C17H19N5O3S2. The van der Waals surface area contributed by atoms with Crippen LogP contribution in [0.4, 0.5) is 5.69 Å². The van der Waals surface area contributed by atoms with Crippen LogP contribution in [0.25, 0.3) is 0 Å². The van der Waals surface area contributed by atoms with Crippen LogP contribution in [0.2, 0.25) is 0 Å². The molecule has 3 rings (SSSR count). The van der Waals surface area contributed by atoms with Crippen molar-refractivity contribution >= 4 is 39.3 Å². The number of nitrogens with zero attached hydrogens (tertiary/aromatic N) is 4. The lowest BCUT2D eigenvalue weighted by molar-refractivity contribution is -0.113. The zero-order valence-electron chi connectivity index (χ0n) is 15.3. The summed E-state index contributed by atoms with van der Waals surface area (Å²) in [6.45, 7) is 1.76. The second kappa shape index (κ2) is 7.20. The second-order valence-corrected chi connectivity index (χ2v) is 8.38. The maximum atomic E-state index is 12.8. The largest absolute Gasteiger partial charge is 0.345 e. The third kappa shape index (κ3) is 3.76. The van der Waals surface area contributed by atoms with Gasteiger partial charge in [0.05, 0.1) is 17.1 Å². The van der Waals surface area contributed by atoms with E-state index in [9.17, 15) is 13.2 Å². The molecule has 0 saturated heterocycles. The first-order valence-corrected chi connectivity index (χ1v) is 10.6. The molecule has 0 unspecified atom stereocenters. The van der Waals surface area contributed by atoms with E-state index in [4.69, 9.17) is 0 Å². The lowest BCUT2D eigenvalue weighted by Gasteiger charge is -2.23. The highest BCUT2D eigenvalue weighted by Gasteiger charge is 2.31. The van der Waals surface area contributed by atoms with Crippen LogP contribution in [0.15, 0.2) is 51.5 Å². The number of hydrogen-bond donors (Lipinski definition) is 1. The van der Waals surface area contributed by atoms with Gasteiger partial charge in [0.2, 0.25) is 0 Å². The number of carbonyl (C=O) groups is 1. The van der Waals surface area contributed by atoms with Gasteiger partial charge in [-0.1, -0.05) is 12.1 Å². The summed E-state index contributed by atoms with van der Waals surface area (Å²) in [5.74, 6) is -0.531. The number of amides is 1. The Morgan fingerprint density at radius 1 is 1.22 bits per heavy atom. The SMILES string of the molecule is CSc1ccccc1NC(=O)C1=CC(c2cn(C)nc2C)=NS(=O)(=O)N1C. The predicted octanol–water partition coefficient (Wildman–Crippen LogP) is 1.95. The summed E-state index contributed by atoms with van der Waals surface area (Å²) < 4.78 is 31.2. The van der Waals surface area contributed by atoms with E-state index in [-0.39, 0.29) is 11.4 Å². The van der Waals surface area contributed by atoms with Gasteiger partial charge in [-0.2, -0.15) is 13.5 Å². The quantitative estimate of drug-likeness (QED) is 0.785. The van der Waals surface area contributed by atoms with Crippen molar-refractivity contribution in [3.63, 3.8) is 0 Å². The Balaban J connectivity index is 2.01. The lowest BCUT2D eigenvalue weighted by Crippen LogP contribution is -2.35. The van der Waals surface area contributed by atoms with Gasteiger partial charge in [-0.3, -0.25) is 9.48 Å². The van der Waals surface area contributed by atoms with Crippen LogP contribution in [0.1, 0.15) is 11.3 Å². The molecule has 0 saturated carbocycles. The number of carbonyl (C=O) groups excluding carboxylic acids is 1. The number of hydrogen-bond acceptors (Lipinski definition) is 5. The van der Waals surface area contributed by atoms with Crippen molar-refractivity contribution in [3.8, 4) is 0 Å². The van der Waals surface area contributed by atoms with E-state index in [1.54, 1.807) is 37.0 Å². The topological polar surface area (TPSA) is 96.7 Å². The predicted molar refractivity (Wildman–Crippen MR) is 106 cm³/mol. The minimum Gasteiger partial charge on any atom is -0.320 e. The maximum absolute atomic E-state index is 12.8. The number of anilines is 1. The van der Waals surface area contributed by atoms with Gasteiger partial charge in [0, 0.05) is 30.8 Å². The van der Waals surface area contributed by atoms with E-state index in [2.05, 4.69) is 14.8 Å². The molecule has 1 aromatic carbocycles. The average Bonchev–Trinajstić information content (AvgIpc) is 2.95. The number of nitrogens with one attached hydrogen (secondary N) is 1. The van der Waals surface area contributed by atoms with E-state index in [1.165, 1.54) is 24.9 Å². The second-order valence-electron chi connectivity index (χ2n) is 5.91. The van der Waals surface area contributed by atoms with Gasteiger partial charge in [0.15, 0.2) is 0 Å². The normalized spacial score (nSPS) is 15.9. The first-order valence-electron chi connectivity index (χ1n) is 7.98. The fourth-order valence-electron chi connectivity index (χ4n) is 2.68. The number of allylic oxidation sites excluding steroid dienone is 1. The molecule has 8 nitrogen and oxygen atoms in total. The Morgan fingerprint density at radius 3 is 2.56 bits per heavy atom. The van der Waals surface area contributed by atoms with E-state index in [0.29, 0.717) is 16.9 Å². The summed E-state index contributed by atoms with van der Waals surface area (Å²) >= 11 is 1.49. The molecule has 0 atom stereocenters. The third-order valence-corrected chi connectivity index (χ3v) is 6.16. The fraction of sp³-hybridized carbons (Fsp3) is 0.235. The smallest absolute Gasteiger partial charge is 0.320 e. The molecule has 0 spiro atoms. The first-order chi connectivity index (χ1) is 12.7. The molecule has 2 aromatic rings. The van der Waals surface area contributed by atoms with Gasteiger partial charge in [-0.15, -0.1) is 16.2 Å². The summed E-state index contributed by atoms with van der Waals surface area (Å²) in [5.41, 5.74) is 1.97. The first kappa shape index (κ1) is 19.2. The third-order valence-electron chi connectivity index (χ3n) is 4.05. The number of para-hydroxylation sites is 1. The van der Waals surface area contributed by atoms with Crippen molar-refractivity contribution < 1.29 is 13.2 Å². The number of aromatic nitrogens is 2. The van der Waals surface area contributed by atoms with Crippen molar-refractivity contribution in [2.75, 3.05) is 18.6 Å². The highest BCUT2D eigenvalue weighted by atomic mass is 32.2. The van der Waals surface area contributed by atoms with Crippen LogP contribution < -0.4 is 5.32 Å². The molecule has 142 valence electrons. The molecular weight excluding hydrogens is 386 g/mol. The standard InChI is InChI=1S/C17H19N5O3S2/c1-11-12(10-21(2)19-11)14-9-15(22(3)27(24,25)20-14)17(23)18-13-7-5-6-8-16(13)26-4/h5-10H,1-4H3,(H,18,23). The molecule has 0 radical (unpaired) electrons. The zero-order valence-corrected chi connectivity index (χ0v) is 16.9. The highest BCUT2D eigenvalue weighted by molar-refractivity contribution is 7.98. The zero-order chi connectivity index (χ0) is 19.8. The molecule has 1 aliphatic rings. The monoisotopic (exact) mass is 405 g/mol. The number of thioether (sulfide) groups is 1. The number of aryl methyl sites for hydroxylation is 2. The molecule has 10 heteroatoms. The number of rotatable bonds is 4. The van der Waals surface area contributed by atoms with Crippen molar-refractivity contribution in [2.45, 2.75) is 11.8 Å². The summed E-state index contributed by atoms with van der Waals surface area (Å²) in [5, 5.41) is 6.99. The van der Waals surface area contributed by atoms with E-state index in [1.807, 2.05) is 18.4 Å². The molecule has 1 amide bonds. The van der Waals surface area contributed by atoms with Gasteiger partial charge in [-0.05, 0) is 31.4 Å². The summed E-state index contributed by atoms with van der Waals surface area (Å²) in [7, 11) is -0.982. The Bertz CT molecular complexity index is 1070. The molecule has 0 aliphatic carbocycles. The summed E-state index contributed by atoms with van der Waals surface area (Å²) in [6, 6.07) is 7.31. The summed E-state index contributed by atoms with van der Waals surface area (Å²) in [6.07, 6.45) is 5.03. The van der Waals surface area contributed by atoms with Crippen molar-refractivity contribution in [1.29, 1.82) is 0 Å². The van der Waals surface area contributed by atoms with Crippen LogP contribution >= 0.6 is 11.8 Å². The number of benzene rings is 1. The van der Waals surface area contributed by atoms with Gasteiger partial charge < -0.3 is 5.32 Å². The molecule has 1 aromatic heterocycles. The van der Waals surface area contributed by atoms with Crippen LogP contribution in [0, 0.1) is 6.92 Å². The Kier molecular flexibility index (Phi) is 5.11. The van der Waals surface area contributed by atoms with Gasteiger partial charge in [0.1, 0.15) is 5.70 Å². The van der Waals surface area contributed by atoms with Gasteiger partial charge in [0.25, 0.3) is 5.91 Å². The van der Waals surface area contributed by atoms with Gasteiger partial charge in [-0.25, -0.2) is 4.31 Å². The van der Waals surface area contributed by atoms with Crippen molar-refractivity contribution in [1.82, 2.24) is 14.1 Å². The van der Waals surface area contributed by atoms with Crippen LogP contribution in [0.3, 0.4) is 0 Å². The molecule has 2 heterocycles. The Hall–Kier alpha value is -2.59. The van der Waals surface area contributed by atoms with Crippen LogP contribution in [-0.4, -0.2) is 47.4 Å². The van der Waals surface area contributed by atoms with E-state index in [0.717, 1.165) is 9.20 Å². The number of likely N-dealkylation sites (N-methyl/N-ethyl adjacent to an activating group) is 1. The molecule has 1 N–H and O–H groups in total. The highest BCUT2D eigenvalue weighted by Crippen LogP contribution is 2.27. The minimum atomic E-state index is -4.02. The minimum absolute atomic E-state index is 0.0147. The summed E-state index contributed by atoms with van der Waals surface area (Å²) in [4.78, 5) is 13.7. The van der Waals surface area contributed by atoms with Crippen LogP contribution in [-0.2, 0) is 22.1 Å². The van der Waals surface area contributed by atoms with E-state index < -0.39 is 16.1 Å². The van der Waals surface area contributed by atoms with Gasteiger partial charge >= 0.3 is 10.2 Å². The molecule has 1 aliphatic heterocycles. The van der Waals surface area contributed by atoms with E-state index >= 15 is 0 Å². The Labute approximate surface area is 162 Å². The molecule has 0 bridgehead atoms. The van der Waals surface area contributed by atoms with Crippen LogP contribution in [0.5, 0.6) is 0 Å². The molecule has 0 fully saturated rings. The van der Waals surface area contributed by atoms with Crippen molar-refractivity contribution in [3.05, 3.63) is 53.5 Å². The van der Waals surface area contributed by atoms with Crippen molar-refractivity contribution in [2.24, 2.45) is 11.4 Å². The lowest BCUT2D eigenvalue weighted by atomic mass is 10.1. The molecule has 27 heavy (non-hydrogen) atoms. The maximum Gasteiger partial charge on any atom is 0.345 e. The Morgan fingerprint density at radius 2 is 1.93 bits per heavy atom.